The van der Waals surface area contributed by atoms with Crippen LogP contribution >= 0.6 is 0 Å². The zero-order valence-electron chi connectivity index (χ0n) is 9.45. The predicted molar refractivity (Wildman–Crippen MR) is 67.2 cm³/mol. The summed E-state index contributed by atoms with van der Waals surface area (Å²) in [5, 5.41) is 20.9. The highest BCUT2D eigenvalue weighted by Gasteiger charge is 2.13. The summed E-state index contributed by atoms with van der Waals surface area (Å²) in [5.41, 5.74) is 1.20. The molecule has 3 aromatic rings. The molecule has 94 valence electrons. The van der Waals surface area contributed by atoms with Crippen LogP contribution in [0, 0.1) is 10.1 Å². The van der Waals surface area contributed by atoms with Gasteiger partial charge in [0.05, 0.1) is 16.6 Å². The highest BCUT2D eigenvalue weighted by atomic mass is 16.6. The number of aromatic nitrogens is 2. The van der Waals surface area contributed by atoms with Crippen LogP contribution in [0.4, 0.5) is 5.69 Å². The molecule has 2 heterocycles. The lowest BCUT2D eigenvalue weighted by Gasteiger charge is -1.94. The first-order chi connectivity index (χ1) is 9.06. The Hall–Kier alpha value is -2.96. The van der Waals surface area contributed by atoms with E-state index in [1.54, 1.807) is 6.07 Å². The van der Waals surface area contributed by atoms with Gasteiger partial charge >= 0.3 is 5.97 Å². The standard InChI is InChI=1S/C12H7N3O4/c16-12(17)10-4-8-7-3-6(15(18)19)1-2-9(7)14-11(8)5-13-10/h1-5,14H,(H,16,17). The molecule has 2 aromatic heterocycles. The topological polar surface area (TPSA) is 109 Å². The van der Waals surface area contributed by atoms with E-state index in [0.29, 0.717) is 21.8 Å². The van der Waals surface area contributed by atoms with Crippen molar-refractivity contribution >= 4 is 33.5 Å². The number of hydrogen-bond donors (Lipinski definition) is 2. The van der Waals surface area contributed by atoms with E-state index >= 15 is 0 Å². The van der Waals surface area contributed by atoms with E-state index in [-0.39, 0.29) is 11.4 Å². The SMILES string of the molecule is O=C(O)c1cc2c(cn1)[nH]c1ccc([N+](=O)[O-])cc12. The minimum Gasteiger partial charge on any atom is -0.477 e. The molecule has 0 saturated heterocycles. The summed E-state index contributed by atoms with van der Waals surface area (Å²) in [4.78, 5) is 28.0. The van der Waals surface area contributed by atoms with Crippen molar-refractivity contribution < 1.29 is 14.8 Å². The average Bonchev–Trinajstić information content (AvgIpc) is 2.75. The summed E-state index contributed by atoms with van der Waals surface area (Å²) in [5.74, 6) is -1.14. The molecule has 19 heavy (non-hydrogen) atoms. The van der Waals surface area contributed by atoms with Crippen LogP contribution < -0.4 is 0 Å². The third kappa shape index (κ3) is 1.68. The number of hydrogen-bond acceptors (Lipinski definition) is 4. The number of H-pyrrole nitrogens is 1. The second kappa shape index (κ2) is 3.77. The van der Waals surface area contributed by atoms with E-state index in [2.05, 4.69) is 9.97 Å². The number of carbonyl (C=O) groups is 1. The number of pyridine rings is 1. The van der Waals surface area contributed by atoms with E-state index in [4.69, 9.17) is 5.11 Å². The maximum Gasteiger partial charge on any atom is 0.354 e. The molecule has 3 rings (SSSR count). The highest BCUT2D eigenvalue weighted by molar-refractivity contribution is 6.09. The van der Waals surface area contributed by atoms with Crippen LogP contribution in [0.1, 0.15) is 10.5 Å². The van der Waals surface area contributed by atoms with Crippen molar-refractivity contribution in [1.82, 2.24) is 9.97 Å². The molecule has 0 aliphatic rings. The predicted octanol–water partition coefficient (Wildman–Crippen LogP) is 2.32. The van der Waals surface area contributed by atoms with Crippen molar-refractivity contribution in [3.05, 3.63) is 46.3 Å². The second-order valence-electron chi connectivity index (χ2n) is 4.03. The second-order valence-corrected chi connectivity index (χ2v) is 4.03. The molecule has 0 aliphatic carbocycles. The Balaban J connectivity index is 2.37. The number of nitro groups is 1. The van der Waals surface area contributed by atoms with Crippen LogP contribution in [0.25, 0.3) is 21.8 Å². The normalized spacial score (nSPS) is 10.9. The van der Waals surface area contributed by atoms with E-state index < -0.39 is 10.9 Å². The van der Waals surface area contributed by atoms with Crippen molar-refractivity contribution in [2.75, 3.05) is 0 Å². The van der Waals surface area contributed by atoms with Gasteiger partial charge in [-0.3, -0.25) is 10.1 Å². The first-order valence-corrected chi connectivity index (χ1v) is 5.35. The molecule has 0 bridgehead atoms. The Kier molecular flexibility index (Phi) is 2.21. The first kappa shape index (κ1) is 11.1. The van der Waals surface area contributed by atoms with Gasteiger partial charge in [-0.2, -0.15) is 0 Å². The quantitative estimate of drug-likeness (QED) is 0.540. The van der Waals surface area contributed by atoms with Gasteiger partial charge in [0.1, 0.15) is 5.69 Å². The first-order valence-electron chi connectivity index (χ1n) is 5.35. The number of carboxylic acid groups (broad SMARTS) is 1. The molecule has 0 spiro atoms. The fourth-order valence-corrected chi connectivity index (χ4v) is 2.02. The van der Waals surface area contributed by atoms with Gasteiger partial charge in [0, 0.05) is 28.4 Å². The van der Waals surface area contributed by atoms with Gasteiger partial charge < -0.3 is 10.1 Å². The lowest BCUT2D eigenvalue weighted by molar-refractivity contribution is -0.384. The lowest BCUT2D eigenvalue weighted by Crippen LogP contribution is -1.98. The average molecular weight is 257 g/mol. The van der Waals surface area contributed by atoms with Crippen LogP contribution in [0.2, 0.25) is 0 Å². The number of benzene rings is 1. The number of carboxylic acids is 1. The minimum atomic E-state index is -1.14. The maximum atomic E-state index is 10.9. The van der Waals surface area contributed by atoms with Gasteiger partial charge in [-0.15, -0.1) is 0 Å². The maximum absolute atomic E-state index is 10.9. The van der Waals surface area contributed by atoms with Crippen LogP contribution in [0.5, 0.6) is 0 Å². The van der Waals surface area contributed by atoms with Crippen molar-refractivity contribution in [2.24, 2.45) is 0 Å². The third-order valence-corrected chi connectivity index (χ3v) is 2.90. The molecule has 0 saturated carbocycles. The number of nitrogens with one attached hydrogen (secondary N) is 1. The van der Waals surface area contributed by atoms with Crippen LogP contribution in [0.3, 0.4) is 0 Å². The number of nitro benzene ring substituents is 1. The smallest absolute Gasteiger partial charge is 0.354 e. The molecule has 0 unspecified atom stereocenters. The van der Waals surface area contributed by atoms with Crippen molar-refractivity contribution in [3.8, 4) is 0 Å². The molecular formula is C12H7N3O4. The fourth-order valence-electron chi connectivity index (χ4n) is 2.02. The van der Waals surface area contributed by atoms with Gasteiger partial charge in [-0.25, -0.2) is 9.78 Å². The molecule has 0 atom stereocenters. The summed E-state index contributed by atoms with van der Waals surface area (Å²) in [6.07, 6.45) is 1.41. The monoisotopic (exact) mass is 257 g/mol. The molecular weight excluding hydrogens is 250 g/mol. The molecule has 7 heteroatoms. The Bertz CT molecular complexity index is 769. The number of aromatic amines is 1. The van der Waals surface area contributed by atoms with Crippen LogP contribution in [-0.2, 0) is 0 Å². The summed E-state index contributed by atoms with van der Waals surface area (Å²) >= 11 is 0. The van der Waals surface area contributed by atoms with E-state index in [9.17, 15) is 14.9 Å². The Morgan fingerprint density at radius 2 is 2.00 bits per heavy atom. The van der Waals surface area contributed by atoms with Crippen LogP contribution in [-0.4, -0.2) is 26.0 Å². The van der Waals surface area contributed by atoms with Gasteiger partial charge in [0.25, 0.3) is 5.69 Å². The largest absolute Gasteiger partial charge is 0.477 e. The number of non-ortho nitro benzene ring substituents is 1. The van der Waals surface area contributed by atoms with E-state index in [0.717, 1.165) is 0 Å². The number of nitrogens with zero attached hydrogens (tertiary/aromatic N) is 2. The van der Waals surface area contributed by atoms with Crippen molar-refractivity contribution in [2.45, 2.75) is 0 Å². The molecule has 7 nitrogen and oxygen atoms in total. The zero-order chi connectivity index (χ0) is 13.6. The Labute approximate surface area is 105 Å². The fraction of sp³-hybridized carbons (Fsp3) is 0. The van der Waals surface area contributed by atoms with Crippen LogP contribution in [0.15, 0.2) is 30.5 Å². The highest BCUT2D eigenvalue weighted by Crippen LogP contribution is 2.28. The number of rotatable bonds is 2. The summed E-state index contributed by atoms with van der Waals surface area (Å²) in [6, 6.07) is 5.80. The minimum absolute atomic E-state index is 0.0397. The number of fused-ring (bicyclic) bond motifs is 3. The number of aromatic carboxylic acids is 1. The van der Waals surface area contributed by atoms with E-state index in [1.165, 1.54) is 24.4 Å². The molecule has 2 N–H and O–H groups in total. The molecule has 0 fully saturated rings. The molecule has 0 amide bonds. The van der Waals surface area contributed by atoms with Gasteiger partial charge in [-0.1, -0.05) is 0 Å². The van der Waals surface area contributed by atoms with Gasteiger partial charge in [0.15, 0.2) is 0 Å². The summed E-state index contributed by atoms with van der Waals surface area (Å²) in [6.45, 7) is 0. The summed E-state index contributed by atoms with van der Waals surface area (Å²) in [7, 11) is 0. The zero-order valence-corrected chi connectivity index (χ0v) is 9.45. The van der Waals surface area contributed by atoms with Gasteiger partial charge in [-0.05, 0) is 12.1 Å². The molecule has 1 aromatic carbocycles. The van der Waals surface area contributed by atoms with Crippen molar-refractivity contribution in [3.63, 3.8) is 0 Å². The Morgan fingerprint density at radius 1 is 1.26 bits per heavy atom. The van der Waals surface area contributed by atoms with Crippen molar-refractivity contribution in [1.29, 1.82) is 0 Å². The molecule has 0 radical (unpaired) electrons. The third-order valence-electron chi connectivity index (χ3n) is 2.90. The summed E-state index contributed by atoms with van der Waals surface area (Å²) < 4.78 is 0. The lowest BCUT2D eigenvalue weighted by atomic mass is 10.1. The van der Waals surface area contributed by atoms with E-state index in [1.807, 2.05) is 0 Å². The van der Waals surface area contributed by atoms with Gasteiger partial charge in [0.2, 0.25) is 0 Å². The molecule has 0 aliphatic heterocycles. The Morgan fingerprint density at radius 3 is 2.68 bits per heavy atom.